The number of aryl methyl sites for hydroxylation is 2. The molecule has 0 fully saturated rings. The van der Waals surface area contributed by atoms with Crippen LogP contribution in [0.4, 0.5) is 22.7 Å². The van der Waals surface area contributed by atoms with Gasteiger partial charge >= 0.3 is 0 Å². The van der Waals surface area contributed by atoms with Crippen molar-refractivity contribution in [2.45, 2.75) is 25.7 Å². The summed E-state index contributed by atoms with van der Waals surface area (Å²) < 4.78 is 27.9. The van der Waals surface area contributed by atoms with E-state index in [1.165, 1.54) is 37.3 Å². The number of rotatable bonds is 7. The fourth-order valence-electron chi connectivity index (χ4n) is 3.45. The van der Waals surface area contributed by atoms with E-state index in [0.29, 0.717) is 21.6 Å². The van der Waals surface area contributed by atoms with Crippen molar-refractivity contribution in [1.82, 2.24) is 0 Å². The van der Waals surface area contributed by atoms with E-state index in [2.05, 4.69) is 5.32 Å². The van der Waals surface area contributed by atoms with Crippen molar-refractivity contribution in [3.05, 3.63) is 97.6 Å². The summed E-state index contributed by atoms with van der Waals surface area (Å²) in [7, 11) is -4.62. The van der Waals surface area contributed by atoms with Crippen LogP contribution >= 0.6 is 0 Å². The molecule has 0 spiro atoms. The van der Waals surface area contributed by atoms with Crippen LogP contribution in [0.25, 0.3) is 0 Å². The number of nitro groups is 2. The first-order chi connectivity index (χ1) is 16.8. The van der Waals surface area contributed by atoms with Gasteiger partial charge < -0.3 is 5.32 Å². The van der Waals surface area contributed by atoms with Crippen molar-refractivity contribution in [1.29, 1.82) is 0 Å². The van der Waals surface area contributed by atoms with Crippen molar-refractivity contribution >= 4 is 44.6 Å². The number of hydrogen-bond acceptors (Lipinski definition) is 8. The van der Waals surface area contributed by atoms with E-state index in [1.54, 1.807) is 26.0 Å². The summed E-state index contributed by atoms with van der Waals surface area (Å²) in [5.74, 6) is -1.59. The minimum Gasteiger partial charge on any atom is -0.326 e. The number of carbonyl (C=O) groups excluding carboxylic acids is 2. The quantitative estimate of drug-likeness (QED) is 0.364. The van der Waals surface area contributed by atoms with Gasteiger partial charge in [-0.2, -0.15) is 4.31 Å². The Morgan fingerprint density at radius 2 is 1.42 bits per heavy atom. The highest BCUT2D eigenvalue weighted by Gasteiger charge is 2.34. The number of sulfonamides is 1. The molecular formula is C23H20N4O8S. The Hall–Kier alpha value is -4.65. The SMILES string of the molecule is CC(=O)Nc1ccc(S(=O)(=O)N(C(=O)c2cc([N+](=O)[O-])cc([N+](=O)[O-])c2)c2ccc(C)cc2C)cc1. The maximum atomic E-state index is 13.7. The molecule has 0 unspecified atom stereocenters. The zero-order valence-corrected chi connectivity index (χ0v) is 20.1. The molecule has 1 N–H and O–H groups in total. The van der Waals surface area contributed by atoms with E-state index in [-0.39, 0.29) is 16.5 Å². The van der Waals surface area contributed by atoms with Crippen molar-refractivity contribution in [2.24, 2.45) is 0 Å². The van der Waals surface area contributed by atoms with Crippen molar-refractivity contribution in [2.75, 3.05) is 9.62 Å². The van der Waals surface area contributed by atoms with Crippen LogP contribution in [0.1, 0.15) is 28.4 Å². The first-order valence-corrected chi connectivity index (χ1v) is 11.7. The Bertz CT molecular complexity index is 1470. The second-order valence-corrected chi connectivity index (χ2v) is 9.61. The Labute approximate surface area is 205 Å². The van der Waals surface area contributed by atoms with Gasteiger partial charge in [0.1, 0.15) is 0 Å². The third-order valence-electron chi connectivity index (χ3n) is 5.04. The number of hydrogen-bond donors (Lipinski definition) is 1. The topological polar surface area (TPSA) is 170 Å². The van der Waals surface area contributed by atoms with Gasteiger partial charge in [-0.1, -0.05) is 17.7 Å². The first-order valence-electron chi connectivity index (χ1n) is 10.3. The monoisotopic (exact) mass is 512 g/mol. The normalized spacial score (nSPS) is 11.0. The molecule has 3 aromatic rings. The Morgan fingerprint density at radius 3 is 1.89 bits per heavy atom. The van der Waals surface area contributed by atoms with Gasteiger partial charge in [-0.15, -0.1) is 0 Å². The molecule has 0 saturated carbocycles. The Morgan fingerprint density at radius 1 is 0.861 bits per heavy atom. The standard InChI is InChI=1S/C23H20N4O8S/c1-14-4-9-22(15(2)10-14)25(36(34,35)21-7-5-18(6-8-21)24-16(3)28)23(29)17-11-19(26(30)31)13-20(12-17)27(32)33/h4-13H,1-3H3,(H,24,28). The zero-order chi connectivity index (χ0) is 26.8. The van der Waals surface area contributed by atoms with Crippen LogP contribution in [-0.2, 0) is 14.8 Å². The molecule has 0 aromatic heterocycles. The van der Waals surface area contributed by atoms with Gasteiger partial charge in [-0.25, -0.2) is 8.42 Å². The van der Waals surface area contributed by atoms with Crippen LogP contribution in [0.2, 0.25) is 0 Å². The molecule has 0 aliphatic carbocycles. The molecule has 36 heavy (non-hydrogen) atoms. The molecule has 0 radical (unpaired) electrons. The third kappa shape index (κ3) is 5.36. The number of amides is 2. The molecule has 0 bridgehead atoms. The summed E-state index contributed by atoms with van der Waals surface area (Å²) in [6.45, 7) is 4.62. The molecule has 0 atom stereocenters. The van der Waals surface area contributed by atoms with E-state index in [1.807, 2.05) is 0 Å². The molecule has 0 heterocycles. The fourth-order valence-corrected chi connectivity index (χ4v) is 4.93. The summed E-state index contributed by atoms with van der Waals surface area (Å²) >= 11 is 0. The average molecular weight is 513 g/mol. The lowest BCUT2D eigenvalue weighted by atomic mass is 10.1. The number of nitro benzene ring substituents is 2. The van der Waals surface area contributed by atoms with Crippen LogP contribution in [0, 0.1) is 34.1 Å². The lowest BCUT2D eigenvalue weighted by Crippen LogP contribution is -2.37. The minimum atomic E-state index is -4.62. The Kier molecular flexibility index (Phi) is 7.15. The van der Waals surface area contributed by atoms with Gasteiger partial charge in [0, 0.05) is 24.7 Å². The fraction of sp³-hybridized carbons (Fsp3) is 0.130. The highest BCUT2D eigenvalue weighted by molar-refractivity contribution is 7.93. The second kappa shape index (κ2) is 9.92. The lowest BCUT2D eigenvalue weighted by molar-refractivity contribution is -0.394. The Balaban J connectivity index is 2.23. The van der Waals surface area contributed by atoms with Gasteiger partial charge in [0.2, 0.25) is 5.91 Å². The van der Waals surface area contributed by atoms with E-state index in [9.17, 15) is 38.2 Å². The molecule has 13 heteroatoms. The lowest BCUT2D eigenvalue weighted by Gasteiger charge is -2.24. The molecule has 2 amide bonds. The molecule has 0 saturated heterocycles. The summed E-state index contributed by atoms with van der Waals surface area (Å²) in [5, 5.41) is 25.1. The summed E-state index contributed by atoms with van der Waals surface area (Å²) in [6, 6.07) is 11.9. The first kappa shape index (κ1) is 26.0. The largest absolute Gasteiger partial charge is 0.326 e. The van der Waals surface area contributed by atoms with Crippen molar-refractivity contribution < 1.29 is 27.9 Å². The van der Waals surface area contributed by atoms with Crippen LogP contribution in [-0.4, -0.2) is 30.1 Å². The molecular weight excluding hydrogens is 492 g/mol. The van der Waals surface area contributed by atoms with E-state index >= 15 is 0 Å². The minimum absolute atomic E-state index is 0.0364. The van der Waals surface area contributed by atoms with Gasteiger partial charge in [-0.05, 0) is 49.7 Å². The molecule has 186 valence electrons. The molecule has 0 aliphatic heterocycles. The van der Waals surface area contributed by atoms with Crippen LogP contribution < -0.4 is 9.62 Å². The highest BCUT2D eigenvalue weighted by Crippen LogP contribution is 2.32. The second-order valence-electron chi connectivity index (χ2n) is 7.82. The number of anilines is 2. The van der Waals surface area contributed by atoms with Gasteiger partial charge in [0.05, 0.1) is 32.1 Å². The maximum absolute atomic E-state index is 13.7. The number of nitrogens with zero attached hydrogens (tertiary/aromatic N) is 3. The van der Waals surface area contributed by atoms with Gasteiger partial charge in [0.15, 0.2) is 0 Å². The zero-order valence-electron chi connectivity index (χ0n) is 19.3. The van der Waals surface area contributed by atoms with Crippen LogP contribution in [0.15, 0.2) is 65.6 Å². The van der Waals surface area contributed by atoms with Gasteiger partial charge in [-0.3, -0.25) is 29.8 Å². The number of nitrogens with one attached hydrogen (secondary N) is 1. The average Bonchev–Trinajstić information content (AvgIpc) is 2.80. The molecule has 12 nitrogen and oxygen atoms in total. The van der Waals surface area contributed by atoms with E-state index in [4.69, 9.17) is 0 Å². The molecule has 3 rings (SSSR count). The third-order valence-corrected chi connectivity index (χ3v) is 6.75. The summed E-state index contributed by atoms with van der Waals surface area (Å²) in [6.07, 6.45) is 0. The number of non-ortho nitro benzene ring substituents is 2. The maximum Gasteiger partial charge on any atom is 0.277 e. The van der Waals surface area contributed by atoms with E-state index < -0.39 is 42.7 Å². The predicted molar refractivity (Wildman–Crippen MR) is 130 cm³/mol. The van der Waals surface area contributed by atoms with Crippen molar-refractivity contribution in [3.8, 4) is 0 Å². The summed E-state index contributed by atoms with van der Waals surface area (Å²) in [4.78, 5) is 45.4. The van der Waals surface area contributed by atoms with Crippen LogP contribution in [0.5, 0.6) is 0 Å². The van der Waals surface area contributed by atoms with Crippen LogP contribution in [0.3, 0.4) is 0 Å². The highest BCUT2D eigenvalue weighted by atomic mass is 32.2. The summed E-state index contributed by atoms with van der Waals surface area (Å²) in [5.41, 5.74) is -0.580. The predicted octanol–water partition coefficient (Wildman–Crippen LogP) is 4.11. The van der Waals surface area contributed by atoms with Gasteiger partial charge in [0.25, 0.3) is 27.3 Å². The number of benzene rings is 3. The van der Waals surface area contributed by atoms with Crippen molar-refractivity contribution in [3.63, 3.8) is 0 Å². The molecule has 0 aliphatic rings. The van der Waals surface area contributed by atoms with E-state index in [0.717, 1.165) is 17.7 Å². The number of carbonyl (C=O) groups is 2. The smallest absolute Gasteiger partial charge is 0.277 e. The molecule has 3 aromatic carbocycles.